The first kappa shape index (κ1) is 22.5. The molecule has 0 spiro atoms. The lowest BCUT2D eigenvalue weighted by Crippen LogP contribution is -2.54. The van der Waals surface area contributed by atoms with Gasteiger partial charge in [-0.15, -0.1) is 0 Å². The fourth-order valence-electron chi connectivity index (χ4n) is 4.47. The highest BCUT2D eigenvalue weighted by Gasteiger charge is 2.36. The minimum Gasteiger partial charge on any atom is -0.363 e. The SMILES string of the molecule is Brc1ccc(C(OC2CN(C(c3ccccc3)c3ccccc3)C2)c2ccc(Br)cc2)cc1. The second-order valence-electron chi connectivity index (χ2n) is 8.42. The molecule has 1 saturated heterocycles. The molecule has 4 heteroatoms. The van der Waals surface area contributed by atoms with Crippen LogP contribution in [0.25, 0.3) is 0 Å². The molecule has 4 aromatic rings. The van der Waals surface area contributed by atoms with E-state index in [1.807, 2.05) is 0 Å². The van der Waals surface area contributed by atoms with Crippen LogP contribution in [0.4, 0.5) is 0 Å². The smallest absolute Gasteiger partial charge is 0.108 e. The molecule has 33 heavy (non-hydrogen) atoms. The molecule has 0 saturated carbocycles. The predicted molar refractivity (Wildman–Crippen MR) is 141 cm³/mol. The molecule has 0 aromatic heterocycles. The van der Waals surface area contributed by atoms with Crippen molar-refractivity contribution >= 4 is 31.9 Å². The van der Waals surface area contributed by atoms with Crippen molar-refractivity contribution in [2.45, 2.75) is 18.2 Å². The summed E-state index contributed by atoms with van der Waals surface area (Å²) in [6.07, 6.45) is 0.0856. The van der Waals surface area contributed by atoms with E-state index < -0.39 is 0 Å². The average Bonchev–Trinajstić information content (AvgIpc) is 2.83. The van der Waals surface area contributed by atoms with E-state index in [2.05, 4.69) is 146 Å². The monoisotopic (exact) mass is 561 g/mol. The van der Waals surface area contributed by atoms with E-state index in [-0.39, 0.29) is 18.2 Å². The first-order chi connectivity index (χ1) is 16.2. The number of nitrogens with zero attached hydrogens (tertiary/aromatic N) is 1. The maximum atomic E-state index is 6.72. The van der Waals surface area contributed by atoms with Crippen LogP contribution >= 0.6 is 31.9 Å². The van der Waals surface area contributed by atoms with E-state index in [0.29, 0.717) is 0 Å². The van der Waals surface area contributed by atoms with Gasteiger partial charge in [0, 0.05) is 22.0 Å². The third-order valence-corrected chi connectivity index (χ3v) is 7.20. The number of ether oxygens (including phenoxy) is 1. The van der Waals surface area contributed by atoms with E-state index >= 15 is 0 Å². The van der Waals surface area contributed by atoms with Crippen LogP contribution in [0.2, 0.25) is 0 Å². The van der Waals surface area contributed by atoms with Crippen LogP contribution in [-0.4, -0.2) is 24.1 Å². The van der Waals surface area contributed by atoms with Crippen LogP contribution in [0.15, 0.2) is 118 Å². The fraction of sp³-hybridized carbons (Fsp3) is 0.172. The summed E-state index contributed by atoms with van der Waals surface area (Å²) in [7, 11) is 0. The molecule has 1 heterocycles. The average molecular weight is 563 g/mol. The molecule has 0 radical (unpaired) electrons. The third kappa shape index (κ3) is 5.30. The first-order valence-electron chi connectivity index (χ1n) is 11.2. The van der Waals surface area contributed by atoms with Gasteiger partial charge in [-0.1, -0.05) is 117 Å². The number of hydrogen-bond acceptors (Lipinski definition) is 2. The van der Waals surface area contributed by atoms with Crippen molar-refractivity contribution in [3.05, 3.63) is 140 Å². The number of halogens is 2. The summed E-state index contributed by atoms with van der Waals surface area (Å²) in [5.74, 6) is 0. The Bertz CT molecular complexity index is 1070. The molecule has 2 nitrogen and oxygen atoms in total. The first-order valence-corrected chi connectivity index (χ1v) is 12.8. The van der Waals surface area contributed by atoms with Crippen molar-refractivity contribution < 1.29 is 4.74 Å². The van der Waals surface area contributed by atoms with Crippen LogP contribution in [0.1, 0.15) is 34.4 Å². The molecular weight excluding hydrogens is 538 g/mol. The molecule has 1 aliphatic heterocycles. The number of likely N-dealkylation sites (tertiary alicyclic amines) is 1. The maximum absolute atomic E-state index is 6.72. The van der Waals surface area contributed by atoms with E-state index in [1.54, 1.807) is 0 Å². The molecule has 0 amide bonds. The molecule has 1 aliphatic rings. The van der Waals surface area contributed by atoms with E-state index in [9.17, 15) is 0 Å². The van der Waals surface area contributed by atoms with Crippen molar-refractivity contribution in [3.8, 4) is 0 Å². The lowest BCUT2D eigenvalue weighted by atomic mass is 9.93. The van der Waals surface area contributed by atoms with Crippen molar-refractivity contribution in [2.75, 3.05) is 13.1 Å². The topological polar surface area (TPSA) is 12.5 Å². The summed E-state index contributed by atoms with van der Waals surface area (Å²) >= 11 is 7.10. The quantitative estimate of drug-likeness (QED) is 0.228. The molecule has 0 atom stereocenters. The summed E-state index contributed by atoms with van der Waals surface area (Å²) < 4.78 is 8.86. The Kier molecular flexibility index (Phi) is 7.07. The van der Waals surface area contributed by atoms with Gasteiger partial charge in [-0.25, -0.2) is 0 Å². The molecule has 0 unspecified atom stereocenters. The van der Waals surface area contributed by atoms with Crippen molar-refractivity contribution in [3.63, 3.8) is 0 Å². The highest BCUT2D eigenvalue weighted by molar-refractivity contribution is 9.10. The fourth-order valence-corrected chi connectivity index (χ4v) is 5.00. The zero-order valence-electron chi connectivity index (χ0n) is 18.1. The minimum absolute atomic E-state index is 0.0924. The number of rotatable bonds is 7. The van der Waals surface area contributed by atoms with Gasteiger partial charge in [-0.3, -0.25) is 4.90 Å². The second-order valence-corrected chi connectivity index (χ2v) is 10.3. The van der Waals surface area contributed by atoms with Crippen LogP contribution < -0.4 is 0 Å². The van der Waals surface area contributed by atoms with Crippen LogP contribution in [0.3, 0.4) is 0 Å². The molecule has 1 fully saturated rings. The lowest BCUT2D eigenvalue weighted by molar-refractivity contribution is -0.0910. The lowest BCUT2D eigenvalue weighted by Gasteiger charge is -2.45. The Labute approximate surface area is 212 Å². The van der Waals surface area contributed by atoms with Gasteiger partial charge >= 0.3 is 0 Å². The van der Waals surface area contributed by atoms with Gasteiger partial charge in [-0.05, 0) is 46.5 Å². The van der Waals surface area contributed by atoms with Crippen LogP contribution in [0, 0.1) is 0 Å². The molecule has 166 valence electrons. The normalized spacial score (nSPS) is 14.5. The summed E-state index contributed by atoms with van der Waals surface area (Å²) in [6.45, 7) is 1.80. The van der Waals surface area contributed by atoms with E-state index in [0.717, 1.165) is 22.0 Å². The van der Waals surface area contributed by atoms with Gasteiger partial charge in [0.05, 0.1) is 12.1 Å². The zero-order valence-corrected chi connectivity index (χ0v) is 21.3. The highest BCUT2D eigenvalue weighted by atomic mass is 79.9. The molecule has 4 aromatic carbocycles. The van der Waals surface area contributed by atoms with Gasteiger partial charge in [0.15, 0.2) is 0 Å². The summed E-state index contributed by atoms with van der Waals surface area (Å²) in [5.41, 5.74) is 4.97. The molecule has 0 aliphatic carbocycles. The number of hydrogen-bond donors (Lipinski definition) is 0. The highest BCUT2D eigenvalue weighted by Crippen LogP contribution is 2.36. The molecule has 5 rings (SSSR count). The van der Waals surface area contributed by atoms with Crippen molar-refractivity contribution in [1.29, 1.82) is 0 Å². The van der Waals surface area contributed by atoms with Crippen LogP contribution in [0.5, 0.6) is 0 Å². The minimum atomic E-state index is -0.0924. The molecule has 0 N–H and O–H groups in total. The van der Waals surface area contributed by atoms with Crippen molar-refractivity contribution in [2.24, 2.45) is 0 Å². The van der Waals surface area contributed by atoms with Crippen LogP contribution in [-0.2, 0) is 4.74 Å². The Morgan fingerprint density at radius 1 is 0.576 bits per heavy atom. The van der Waals surface area contributed by atoms with Gasteiger partial charge < -0.3 is 4.74 Å². The van der Waals surface area contributed by atoms with Gasteiger partial charge in [0.1, 0.15) is 6.10 Å². The Hall–Kier alpha value is -2.24. The summed E-state index contributed by atoms with van der Waals surface area (Å²) in [6, 6.07) is 38.7. The van der Waals surface area contributed by atoms with Crippen molar-refractivity contribution in [1.82, 2.24) is 4.90 Å². The zero-order chi connectivity index (χ0) is 22.6. The van der Waals surface area contributed by atoms with E-state index in [1.165, 1.54) is 22.3 Å². The maximum Gasteiger partial charge on any atom is 0.108 e. The van der Waals surface area contributed by atoms with E-state index in [4.69, 9.17) is 4.74 Å². The Morgan fingerprint density at radius 3 is 1.42 bits per heavy atom. The van der Waals surface area contributed by atoms with Gasteiger partial charge in [0.25, 0.3) is 0 Å². The standard InChI is InChI=1S/C29H25Br2NO/c30-25-15-11-23(12-16-25)29(24-13-17-26(31)18-14-24)33-27-19-32(20-27)28(21-7-3-1-4-8-21)22-9-5-2-6-10-22/h1-18,27-29H,19-20H2. The van der Waals surface area contributed by atoms with Gasteiger partial charge in [0.2, 0.25) is 0 Å². The Morgan fingerprint density at radius 2 is 1.00 bits per heavy atom. The molecular formula is C29H25Br2NO. The molecule has 0 bridgehead atoms. The second kappa shape index (κ2) is 10.4. The Balaban J connectivity index is 1.36. The number of benzene rings is 4. The third-order valence-electron chi connectivity index (χ3n) is 6.15. The van der Waals surface area contributed by atoms with Gasteiger partial charge in [-0.2, -0.15) is 0 Å². The largest absolute Gasteiger partial charge is 0.363 e. The summed E-state index contributed by atoms with van der Waals surface area (Å²) in [5, 5.41) is 0. The summed E-state index contributed by atoms with van der Waals surface area (Å²) in [4.78, 5) is 2.51. The predicted octanol–water partition coefficient (Wildman–Crippen LogP) is 7.79.